The molecule has 0 radical (unpaired) electrons. The van der Waals surface area contributed by atoms with E-state index in [9.17, 15) is 4.79 Å². The third-order valence-electron chi connectivity index (χ3n) is 3.93. The maximum Gasteiger partial charge on any atom is 0.233 e. The Morgan fingerprint density at radius 2 is 2.11 bits per heavy atom. The van der Waals surface area contributed by atoms with Gasteiger partial charge in [0.05, 0.1) is 18.6 Å². The fourth-order valence-corrected chi connectivity index (χ4v) is 3.20. The highest BCUT2D eigenvalue weighted by Crippen LogP contribution is 2.24. The highest BCUT2D eigenvalue weighted by molar-refractivity contribution is 8.00. The van der Waals surface area contributed by atoms with Crippen molar-refractivity contribution in [1.82, 2.24) is 20.2 Å². The first-order valence-electron chi connectivity index (χ1n) is 8.40. The Hall–Kier alpha value is -2.94. The Kier molecular flexibility index (Phi) is 6.02. The lowest BCUT2D eigenvalue weighted by Crippen LogP contribution is -2.32. The van der Waals surface area contributed by atoms with Crippen LogP contribution in [0.1, 0.15) is 12.5 Å². The molecule has 3 N–H and O–H groups in total. The monoisotopic (exact) mass is 387 g/mol. The number of nitrogen functional groups attached to an aromatic ring is 1. The van der Waals surface area contributed by atoms with Gasteiger partial charge in [-0.1, -0.05) is 23.9 Å². The maximum atomic E-state index is 12.3. The van der Waals surface area contributed by atoms with Crippen LogP contribution in [0.15, 0.2) is 52.2 Å². The molecule has 2 heterocycles. The predicted molar refractivity (Wildman–Crippen MR) is 103 cm³/mol. The average molecular weight is 387 g/mol. The van der Waals surface area contributed by atoms with Gasteiger partial charge in [0.1, 0.15) is 5.75 Å². The number of thioether (sulfide) groups is 1. The van der Waals surface area contributed by atoms with Gasteiger partial charge in [0.25, 0.3) is 0 Å². The van der Waals surface area contributed by atoms with Gasteiger partial charge < -0.3 is 20.3 Å². The number of benzene rings is 1. The van der Waals surface area contributed by atoms with Gasteiger partial charge in [-0.3, -0.25) is 4.79 Å². The summed E-state index contributed by atoms with van der Waals surface area (Å²) in [7, 11) is 1.63. The molecule has 0 saturated carbocycles. The summed E-state index contributed by atoms with van der Waals surface area (Å²) in [5.41, 5.74) is 1.13. The van der Waals surface area contributed by atoms with Gasteiger partial charge in [-0.05, 0) is 43.2 Å². The lowest BCUT2D eigenvalue weighted by atomic mass is 10.1. The number of furan rings is 1. The third-order valence-corrected chi connectivity index (χ3v) is 4.99. The highest BCUT2D eigenvalue weighted by Gasteiger charge is 2.20. The summed E-state index contributed by atoms with van der Waals surface area (Å²) in [5, 5.41) is 11.1. The van der Waals surface area contributed by atoms with E-state index in [0.717, 1.165) is 17.7 Å². The van der Waals surface area contributed by atoms with Crippen LogP contribution < -0.4 is 15.9 Å². The fourth-order valence-electron chi connectivity index (χ4n) is 2.41. The van der Waals surface area contributed by atoms with E-state index in [1.807, 2.05) is 24.3 Å². The van der Waals surface area contributed by atoms with Crippen LogP contribution in [0.5, 0.6) is 5.75 Å². The molecule has 142 valence electrons. The Balaban J connectivity index is 1.50. The van der Waals surface area contributed by atoms with Gasteiger partial charge in [-0.15, -0.1) is 10.2 Å². The number of nitrogens with zero attached hydrogens (tertiary/aromatic N) is 3. The minimum atomic E-state index is -0.364. The van der Waals surface area contributed by atoms with E-state index in [1.54, 1.807) is 26.2 Å². The zero-order valence-electron chi connectivity index (χ0n) is 15.1. The molecule has 1 unspecified atom stereocenters. The maximum absolute atomic E-state index is 12.3. The molecule has 3 rings (SSSR count). The van der Waals surface area contributed by atoms with Crippen LogP contribution in [0, 0.1) is 0 Å². The molecule has 8 nitrogen and oxygen atoms in total. The number of hydrogen-bond acceptors (Lipinski definition) is 7. The molecule has 0 aliphatic carbocycles. The second-order valence-corrected chi connectivity index (χ2v) is 7.11. The van der Waals surface area contributed by atoms with Gasteiger partial charge in [-0.2, -0.15) is 0 Å². The van der Waals surface area contributed by atoms with Gasteiger partial charge in [0, 0.05) is 6.54 Å². The normalized spacial score (nSPS) is 11.9. The number of nitrogens with one attached hydrogen (secondary N) is 1. The largest absolute Gasteiger partial charge is 0.497 e. The molecule has 0 bridgehead atoms. The van der Waals surface area contributed by atoms with Crippen LogP contribution in [0.2, 0.25) is 0 Å². The summed E-state index contributed by atoms with van der Waals surface area (Å²) in [5.74, 6) is 7.67. The summed E-state index contributed by atoms with van der Waals surface area (Å²) < 4.78 is 11.7. The molecule has 2 aromatic heterocycles. The topological polar surface area (TPSA) is 108 Å². The van der Waals surface area contributed by atoms with Crippen LogP contribution in [0.3, 0.4) is 0 Å². The minimum Gasteiger partial charge on any atom is -0.497 e. The zero-order valence-corrected chi connectivity index (χ0v) is 15.9. The molecule has 1 atom stereocenters. The summed E-state index contributed by atoms with van der Waals surface area (Å²) in [4.78, 5) is 12.3. The van der Waals surface area contributed by atoms with Gasteiger partial charge in [0.2, 0.25) is 16.9 Å². The summed E-state index contributed by atoms with van der Waals surface area (Å²) in [6.45, 7) is 2.34. The van der Waals surface area contributed by atoms with Crippen molar-refractivity contribution in [1.29, 1.82) is 0 Å². The Morgan fingerprint density at radius 1 is 1.33 bits per heavy atom. The van der Waals surface area contributed by atoms with Gasteiger partial charge in [0.15, 0.2) is 5.76 Å². The first-order chi connectivity index (χ1) is 13.1. The molecule has 0 aliphatic rings. The van der Waals surface area contributed by atoms with Crippen molar-refractivity contribution in [3.8, 4) is 17.3 Å². The Labute approximate surface area is 161 Å². The van der Waals surface area contributed by atoms with Crippen molar-refractivity contribution in [2.75, 3.05) is 19.5 Å². The number of carbonyl (C=O) groups excluding carboxylic acids is 1. The van der Waals surface area contributed by atoms with Crippen LogP contribution >= 0.6 is 11.8 Å². The molecule has 1 aromatic carbocycles. The quantitative estimate of drug-likeness (QED) is 0.450. The minimum absolute atomic E-state index is 0.0870. The summed E-state index contributed by atoms with van der Waals surface area (Å²) in [6.07, 6.45) is 2.28. The van der Waals surface area contributed by atoms with Crippen molar-refractivity contribution in [3.05, 3.63) is 48.2 Å². The number of nitrogens with two attached hydrogens (primary N) is 1. The van der Waals surface area contributed by atoms with E-state index in [4.69, 9.17) is 15.0 Å². The Bertz CT molecular complexity index is 877. The van der Waals surface area contributed by atoms with Crippen molar-refractivity contribution in [3.63, 3.8) is 0 Å². The van der Waals surface area contributed by atoms with Crippen LogP contribution in [-0.4, -0.2) is 39.7 Å². The second kappa shape index (κ2) is 8.63. The second-order valence-electron chi connectivity index (χ2n) is 5.80. The number of amides is 1. The molecular formula is C18H21N5O3S. The molecule has 3 aromatic rings. The van der Waals surface area contributed by atoms with E-state index in [-0.39, 0.29) is 11.2 Å². The van der Waals surface area contributed by atoms with E-state index in [1.165, 1.54) is 22.7 Å². The smallest absolute Gasteiger partial charge is 0.233 e. The number of aromatic nitrogens is 3. The number of methoxy groups -OCH3 is 1. The molecular weight excluding hydrogens is 366 g/mol. The standard InChI is InChI=1S/C18H21N5O3S/c1-12(17(24)20-10-9-13-5-7-14(25-2)8-6-13)27-18-22-21-16(23(18)19)15-4-3-11-26-15/h3-8,11-12H,9-10,19H2,1-2H3,(H,20,24). The highest BCUT2D eigenvalue weighted by atomic mass is 32.2. The summed E-state index contributed by atoms with van der Waals surface area (Å²) >= 11 is 1.24. The van der Waals surface area contributed by atoms with Gasteiger partial charge >= 0.3 is 0 Å². The van der Waals surface area contributed by atoms with Crippen molar-refractivity contribution in [2.45, 2.75) is 23.8 Å². The first kappa shape index (κ1) is 18.8. The number of carbonyl (C=O) groups is 1. The molecule has 0 saturated heterocycles. The number of rotatable bonds is 8. The molecule has 0 fully saturated rings. The van der Waals surface area contributed by atoms with E-state index in [2.05, 4.69) is 15.5 Å². The molecule has 27 heavy (non-hydrogen) atoms. The van der Waals surface area contributed by atoms with E-state index in [0.29, 0.717) is 23.3 Å². The van der Waals surface area contributed by atoms with Gasteiger partial charge in [-0.25, -0.2) is 4.68 Å². The lowest BCUT2D eigenvalue weighted by molar-refractivity contribution is -0.120. The number of hydrogen-bond donors (Lipinski definition) is 2. The first-order valence-corrected chi connectivity index (χ1v) is 9.28. The zero-order chi connectivity index (χ0) is 19.2. The molecule has 0 aliphatic heterocycles. The SMILES string of the molecule is COc1ccc(CCNC(=O)C(C)Sc2nnc(-c3ccco3)n2N)cc1. The van der Waals surface area contributed by atoms with Crippen LogP contribution in [-0.2, 0) is 11.2 Å². The van der Waals surface area contributed by atoms with E-state index >= 15 is 0 Å². The van der Waals surface area contributed by atoms with Crippen molar-refractivity contribution >= 4 is 17.7 Å². The van der Waals surface area contributed by atoms with Crippen molar-refractivity contribution in [2.24, 2.45) is 0 Å². The lowest BCUT2D eigenvalue weighted by Gasteiger charge is -2.11. The van der Waals surface area contributed by atoms with Crippen LogP contribution in [0.4, 0.5) is 0 Å². The molecule has 0 spiro atoms. The number of ether oxygens (including phenoxy) is 1. The average Bonchev–Trinajstić information content (AvgIpc) is 3.32. The summed E-state index contributed by atoms with van der Waals surface area (Å²) in [6, 6.07) is 11.3. The van der Waals surface area contributed by atoms with Crippen molar-refractivity contribution < 1.29 is 13.9 Å². The molecule has 9 heteroatoms. The third kappa shape index (κ3) is 4.62. The fraction of sp³-hybridized carbons (Fsp3) is 0.278. The molecule has 1 amide bonds. The predicted octanol–water partition coefficient (Wildman–Crippen LogP) is 2.10. The van der Waals surface area contributed by atoms with E-state index < -0.39 is 0 Å². The Morgan fingerprint density at radius 3 is 2.78 bits per heavy atom. The van der Waals surface area contributed by atoms with Crippen LogP contribution in [0.25, 0.3) is 11.6 Å².